The van der Waals surface area contributed by atoms with Crippen molar-refractivity contribution in [2.75, 3.05) is 49.4 Å². The number of pyridine rings is 2. The Morgan fingerprint density at radius 2 is 1.85 bits per heavy atom. The van der Waals surface area contributed by atoms with Gasteiger partial charge in [0.1, 0.15) is 35.2 Å². The second kappa shape index (κ2) is 14.1. The predicted octanol–water partition coefficient (Wildman–Crippen LogP) is 4.92. The number of nitrogens with one attached hydrogen (secondary N) is 4. The lowest BCUT2D eigenvalue weighted by Gasteiger charge is -2.19. The number of benzene rings is 2. The number of ether oxygens (including phenoxy) is 3. The van der Waals surface area contributed by atoms with Crippen molar-refractivity contribution < 1.29 is 23.8 Å². The van der Waals surface area contributed by atoms with Crippen molar-refractivity contribution in [3.63, 3.8) is 0 Å². The molecule has 4 N–H and O–H groups in total. The molecular weight excluding hydrogens is 586 g/mol. The molecule has 46 heavy (non-hydrogen) atoms. The highest BCUT2D eigenvalue weighted by atomic mass is 16.5. The summed E-state index contributed by atoms with van der Waals surface area (Å²) in [6.45, 7) is 2.72. The van der Waals surface area contributed by atoms with E-state index in [4.69, 9.17) is 14.2 Å². The fourth-order valence-electron chi connectivity index (χ4n) is 5.32. The smallest absolute Gasteiger partial charge is 0.257 e. The van der Waals surface area contributed by atoms with Crippen LogP contribution in [0.1, 0.15) is 35.2 Å². The van der Waals surface area contributed by atoms with E-state index >= 15 is 0 Å². The zero-order chi connectivity index (χ0) is 31.9. The number of anilines is 4. The zero-order valence-electron chi connectivity index (χ0n) is 25.3. The van der Waals surface area contributed by atoms with Crippen LogP contribution in [0.3, 0.4) is 0 Å². The van der Waals surface area contributed by atoms with Crippen LogP contribution >= 0.6 is 0 Å². The molecule has 0 saturated carbocycles. The Hall–Kier alpha value is -5.51. The first-order chi connectivity index (χ1) is 22.5. The summed E-state index contributed by atoms with van der Waals surface area (Å²) in [6.07, 6.45) is 6.72. The Kier molecular flexibility index (Phi) is 9.33. The van der Waals surface area contributed by atoms with Gasteiger partial charge in [0, 0.05) is 36.0 Å². The number of hydrogen-bond acceptors (Lipinski definition) is 10. The lowest BCUT2D eigenvalue weighted by molar-refractivity contribution is -0.112. The minimum Gasteiger partial charge on any atom is -0.497 e. The molecule has 0 bridgehead atoms. The molecule has 4 aromatic rings. The first kappa shape index (κ1) is 30.5. The van der Waals surface area contributed by atoms with Crippen molar-refractivity contribution in [1.29, 1.82) is 5.26 Å². The van der Waals surface area contributed by atoms with E-state index in [1.165, 1.54) is 12.4 Å². The molecular formula is C34H33N7O5. The molecule has 2 fully saturated rings. The van der Waals surface area contributed by atoms with Crippen molar-refractivity contribution in [3.05, 3.63) is 83.7 Å². The van der Waals surface area contributed by atoms with Gasteiger partial charge < -0.3 is 35.5 Å². The molecule has 1 unspecified atom stereocenters. The van der Waals surface area contributed by atoms with Crippen molar-refractivity contribution in [2.45, 2.75) is 25.4 Å². The first-order valence-corrected chi connectivity index (χ1v) is 15.0. The van der Waals surface area contributed by atoms with Crippen LogP contribution in [0.2, 0.25) is 0 Å². The number of carbonyl (C=O) groups is 2. The van der Waals surface area contributed by atoms with E-state index in [9.17, 15) is 14.9 Å². The standard InChI is InChI=1S/C34H33N7O5/c1-44-25-5-3-24(4-6-25)39-34(43)22-2-9-29(37-18-22)40-31-23(17-35)19-38-32-27(31)7-8-28(46-26-12-15-45-20-26)33(32)41-30(42)16-21-10-13-36-14-11-21/h2-9,16,18-19,26,36H,10-15,20H2,1H3,(H,39,43)(H,41,42)(H,37,38,40). The van der Waals surface area contributed by atoms with E-state index in [1.807, 2.05) is 0 Å². The minimum absolute atomic E-state index is 0.156. The molecule has 0 spiro atoms. The highest BCUT2D eigenvalue weighted by molar-refractivity contribution is 6.10. The van der Waals surface area contributed by atoms with Gasteiger partial charge in [-0.1, -0.05) is 5.57 Å². The number of rotatable bonds is 9. The van der Waals surface area contributed by atoms with Gasteiger partial charge in [0.25, 0.3) is 5.91 Å². The monoisotopic (exact) mass is 619 g/mol. The maximum atomic E-state index is 13.2. The normalized spacial score (nSPS) is 15.9. The summed E-state index contributed by atoms with van der Waals surface area (Å²) in [5, 5.41) is 22.9. The van der Waals surface area contributed by atoms with Gasteiger partial charge in [-0.2, -0.15) is 5.26 Å². The van der Waals surface area contributed by atoms with Crippen LogP contribution in [0.5, 0.6) is 11.5 Å². The number of aromatic nitrogens is 2. The van der Waals surface area contributed by atoms with Gasteiger partial charge in [-0.15, -0.1) is 0 Å². The lowest BCUT2D eigenvalue weighted by Crippen LogP contribution is -2.24. The van der Waals surface area contributed by atoms with Gasteiger partial charge in [0.15, 0.2) is 0 Å². The molecule has 0 radical (unpaired) electrons. The van der Waals surface area contributed by atoms with Crippen molar-refractivity contribution in [1.82, 2.24) is 15.3 Å². The third-order valence-corrected chi connectivity index (χ3v) is 7.76. The third kappa shape index (κ3) is 7.07. The average Bonchev–Trinajstić information content (AvgIpc) is 3.60. The fraction of sp³-hybridized carbons (Fsp3) is 0.265. The molecule has 1 atom stereocenters. The molecule has 2 amide bonds. The first-order valence-electron chi connectivity index (χ1n) is 15.0. The van der Waals surface area contributed by atoms with Gasteiger partial charge in [-0.25, -0.2) is 4.98 Å². The van der Waals surface area contributed by atoms with E-state index in [2.05, 4.69) is 37.3 Å². The number of hydrogen-bond donors (Lipinski definition) is 4. The number of nitrogens with zero attached hydrogens (tertiary/aromatic N) is 3. The third-order valence-electron chi connectivity index (χ3n) is 7.76. The van der Waals surface area contributed by atoms with Gasteiger partial charge in [0.05, 0.1) is 42.7 Å². The van der Waals surface area contributed by atoms with Crippen LogP contribution in [-0.2, 0) is 9.53 Å². The Bertz CT molecular complexity index is 1800. The SMILES string of the molecule is COc1ccc(NC(=O)c2ccc(Nc3c(C#N)cnc4c(NC(=O)C=C5CCNCC5)c(OC5CCOC5)ccc34)nc2)cc1. The second-order valence-corrected chi connectivity index (χ2v) is 10.9. The molecule has 2 saturated heterocycles. The Labute approximate surface area is 265 Å². The molecule has 234 valence electrons. The maximum absolute atomic E-state index is 13.2. The summed E-state index contributed by atoms with van der Waals surface area (Å²) in [4.78, 5) is 35.0. The quantitative estimate of drug-likeness (QED) is 0.189. The topological polar surface area (TPSA) is 160 Å². The Morgan fingerprint density at radius 1 is 1.02 bits per heavy atom. The molecule has 2 aliphatic rings. The molecule has 0 aliphatic carbocycles. The van der Waals surface area contributed by atoms with Crippen LogP contribution in [0.15, 0.2) is 72.6 Å². The van der Waals surface area contributed by atoms with Gasteiger partial charge in [0.2, 0.25) is 5.91 Å². The van der Waals surface area contributed by atoms with Crippen LogP contribution in [0.4, 0.5) is 22.9 Å². The maximum Gasteiger partial charge on any atom is 0.257 e. The summed E-state index contributed by atoms with van der Waals surface area (Å²) >= 11 is 0. The molecule has 2 aromatic carbocycles. The molecule has 12 nitrogen and oxygen atoms in total. The van der Waals surface area contributed by atoms with Crippen LogP contribution in [0, 0.1) is 11.3 Å². The van der Waals surface area contributed by atoms with E-state index in [0.29, 0.717) is 64.1 Å². The molecule has 12 heteroatoms. The minimum atomic E-state index is -0.323. The van der Waals surface area contributed by atoms with Crippen molar-refractivity contribution >= 4 is 45.6 Å². The summed E-state index contributed by atoms with van der Waals surface area (Å²) in [7, 11) is 1.58. The Morgan fingerprint density at radius 3 is 2.54 bits per heavy atom. The van der Waals surface area contributed by atoms with Crippen LogP contribution in [-0.4, -0.2) is 61.3 Å². The van der Waals surface area contributed by atoms with Gasteiger partial charge in [-0.3, -0.25) is 14.6 Å². The van der Waals surface area contributed by atoms with Gasteiger partial charge in [-0.05, 0) is 74.5 Å². The van der Waals surface area contributed by atoms with Crippen molar-refractivity contribution in [3.8, 4) is 17.6 Å². The average molecular weight is 620 g/mol. The fourth-order valence-corrected chi connectivity index (χ4v) is 5.32. The number of nitriles is 1. The second-order valence-electron chi connectivity index (χ2n) is 10.9. The Balaban J connectivity index is 1.28. The van der Waals surface area contributed by atoms with Crippen LogP contribution < -0.4 is 30.7 Å². The number of carbonyl (C=O) groups excluding carboxylic acids is 2. The highest BCUT2D eigenvalue weighted by Gasteiger charge is 2.23. The number of fused-ring (bicyclic) bond motifs is 1. The molecule has 4 heterocycles. The van der Waals surface area contributed by atoms with E-state index in [0.717, 1.165) is 37.9 Å². The number of amides is 2. The number of methoxy groups -OCH3 is 1. The molecule has 6 rings (SSSR count). The lowest BCUT2D eigenvalue weighted by atomic mass is 10.0. The van der Waals surface area contributed by atoms with Gasteiger partial charge >= 0.3 is 0 Å². The van der Waals surface area contributed by atoms with E-state index < -0.39 is 0 Å². The summed E-state index contributed by atoms with van der Waals surface area (Å²) in [5.41, 5.74) is 3.63. The van der Waals surface area contributed by atoms with E-state index in [1.54, 1.807) is 61.7 Å². The van der Waals surface area contributed by atoms with E-state index in [-0.39, 0.29) is 23.5 Å². The predicted molar refractivity (Wildman–Crippen MR) is 174 cm³/mol. The van der Waals surface area contributed by atoms with Crippen LogP contribution in [0.25, 0.3) is 10.9 Å². The summed E-state index contributed by atoms with van der Waals surface area (Å²) in [5.74, 6) is 0.967. The highest BCUT2D eigenvalue weighted by Crippen LogP contribution is 2.38. The molecule has 2 aromatic heterocycles. The number of piperidine rings is 1. The summed E-state index contributed by atoms with van der Waals surface area (Å²) in [6, 6.07) is 16.1. The summed E-state index contributed by atoms with van der Waals surface area (Å²) < 4.78 is 16.9. The van der Waals surface area contributed by atoms with Crippen molar-refractivity contribution in [2.24, 2.45) is 0 Å². The zero-order valence-corrected chi connectivity index (χ0v) is 25.3. The largest absolute Gasteiger partial charge is 0.497 e. The molecule has 2 aliphatic heterocycles.